The van der Waals surface area contributed by atoms with Gasteiger partial charge in [-0.15, -0.1) is 0 Å². The number of amides is 3. The van der Waals surface area contributed by atoms with Crippen LogP contribution in [0.5, 0.6) is 5.75 Å². The Morgan fingerprint density at radius 2 is 1.80 bits per heavy atom. The Morgan fingerprint density at radius 1 is 1.16 bits per heavy atom. The molecule has 0 saturated heterocycles. The van der Waals surface area contributed by atoms with Crippen molar-refractivity contribution in [3.63, 3.8) is 0 Å². The van der Waals surface area contributed by atoms with Crippen molar-refractivity contribution in [2.75, 3.05) is 7.11 Å². The predicted molar refractivity (Wildman–Crippen MR) is 93.3 cm³/mol. The van der Waals surface area contributed by atoms with Gasteiger partial charge >= 0.3 is 12.0 Å². The second-order valence-corrected chi connectivity index (χ2v) is 6.64. The molecule has 1 aromatic rings. The van der Waals surface area contributed by atoms with Crippen LogP contribution in [0.3, 0.4) is 0 Å². The minimum absolute atomic E-state index is 0.103. The van der Waals surface area contributed by atoms with Crippen LogP contribution in [0.15, 0.2) is 24.3 Å². The van der Waals surface area contributed by atoms with Crippen molar-refractivity contribution < 1.29 is 23.9 Å². The third-order valence-corrected chi connectivity index (χ3v) is 3.19. The van der Waals surface area contributed by atoms with Gasteiger partial charge in [-0.3, -0.25) is 14.9 Å². The highest BCUT2D eigenvalue weighted by Crippen LogP contribution is 2.19. The van der Waals surface area contributed by atoms with Crippen molar-refractivity contribution >= 4 is 17.9 Å². The lowest BCUT2D eigenvalue weighted by Crippen LogP contribution is -2.50. The van der Waals surface area contributed by atoms with Crippen molar-refractivity contribution in [2.24, 2.45) is 0 Å². The van der Waals surface area contributed by atoms with Crippen LogP contribution >= 0.6 is 0 Å². The zero-order chi connectivity index (χ0) is 19.0. The summed E-state index contributed by atoms with van der Waals surface area (Å²) in [4.78, 5) is 35.4. The summed E-state index contributed by atoms with van der Waals surface area (Å²) in [6, 6.07) is 6.74. The van der Waals surface area contributed by atoms with Crippen LogP contribution < -0.4 is 15.4 Å². The Bertz CT molecular complexity index is 622. The van der Waals surface area contributed by atoms with Gasteiger partial charge in [-0.25, -0.2) is 4.79 Å². The van der Waals surface area contributed by atoms with Gasteiger partial charge in [0, 0.05) is 12.0 Å². The van der Waals surface area contributed by atoms with E-state index in [0.717, 1.165) is 5.56 Å². The average Bonchev–Trinajstić information content (AvgIpc) is 2.51. The van der Waals surface area contributed by atoms with Gasteiger partial charge < -0.3 is 14.8 Å². The molecule has 0 fully saturated rings. The number of aryl methyl sites for hydroxylation is 1. The van der Waals surface area contributed by atoms with Gasteiger partial charge in [0.25, 0.3) is 5.91 Å². The molecule has 0 aliphatic rings. The number of rotatable bonds is 6. The molecular weight excluding hydrogens is 324 g/mol. The van der Waals surface area contributed by atoms with E-state index in [2.05, 4.69) is 10.6 Å². The van der Waals surface area contributed by atoms with Crippen molar-refractivity contribution in [3.8, 4) is 5.75 Å². The summed E-state index contributed by atoms with van der Waals surface area (Å²) < 4.78 is 10.3. The summed E-state index contributed by atoms with van der Waals surface area (Å²) in [6.07, 6.45) is -0.524. The molecule has 25 heavy (non-hydrogen) atoms. The predicted octanol–water partition coefficient (Wildman–Crippen LogP) is 2.18. The molecule has 0 aromatic heterocycles. The molecule has 0 aliphatic heterocycles. The lowest BCUT2D eigenvalue weighted by molar-refractivity contribution is -0.154. The number of carbonyl (C=O) groups excluding carboxylic acids is 3. The molecule has 0 saturated carbocycles. The molecule has 7 heteroatoms. The first kappa shape index (κ1) is 20.5. The molecule has 3 amide bonds. The van der Waals surface area contributed by atoms with Crippen LogP contribution in [0.4, 0.5) is 4.79 Å². The Morgan fingerprint density at radius 3 is 2.40 bits per heavy atom. The number of urea groups is 1. The molecular formula is C18H26N2O5. The Hall–Kier alpha value is -2.57. The summed E-state index contributed by atoms with van der Waals surface area (Å²) in [6.45, 7) is 6.79. The highest BCUT2D eigenvalue weighted by atomic mass is 16.5. The van der Waals surface area contributed by atoms with E-state index in [1.165, 1.54) is 6.92 Å². The highest BCUT2D eigenvalue weighted by Gasteiger charge is 2.22. The maximum Gasteiger partial charge on any atom is 0.321 e. The van der Waals surface area contributed by atoms with E-state index in [4.69, 9.17) is 9.47 Å². The fourth-order valence-electron chi connectivity index (χ4n) is 2.04. The smallest absolute Gasteiger partial charge is 0.321 e. The van der Waals surface area contributed by atoms with Gasteiger partial charge in [0.05, 0.1) is 7.11 Å². The summed E-state index contributed by atoms with van der Waals surface area (Å²) >= 11 is 0. The third-order valence-electron chi connectivity index (χ3n) is 3.19. The van der Waals surface area contributed by atoms with Gasteiger partial charge in [-0.05, 0) is 45.7 Å². The molecule has 0 spiro atoms. The van der Waals surface area contributed by atoms with Crippen molar-refractivity contribution in [1.82, 2.24) is 10.6 Å². The number of hydrogen-bond donors (Lipinski definition) is 2. The Labute approximate surface area is 148 Å². The maximum atomic E-state index is 11.9. The SMILES string of the molecule is COc1ccccc1CCC(=O)O[C@@H](C)C(=O)NC(=O)NC(C)(C)C. The van der Waals surface area contributed by atoms with Crippen LogP contribution in [-0.4, -0.2) is 36.7 Å². The minimum Gasteiger partial charge on any atom is -0.496 e. The lowest BCUT2D eigenvalue weighted by Gasteiger charge is -2.21. The van der Waals surface area contributed by atoms with E-state index in [9.17, 15) is 14.4 Å². The monoisotopic (exact) mass is 350 g/mol. The number of carbonyl (C=O) groups is 3. The first-order chi connectivity index (χ1) is 11.6. The van der Waals surface area contributed by atoms with Crippen LogP contribution in [0.25, 0.3) is 0 Å². The largest absolute Gasteiger partial charge is 0.496 e. The molecule has 0 heterocycles. The van der Waals surface area contributed by atoms with Gasteiger partial charge in [0.1, 0.15) is 5.75 Å². The fourth-order valence-corrected chi connectivity index (χ4v) is 2.04. The molecule has 0 radical (unpaired) electrons. The van der Waals surface area contributed by atoms with Gasteiger partial charge in [-0.2, -0.15) is 0 Å². The highest BCUT2D eigenvalue weighted by molar-refractivity contribution is 5.97. The minimum atomic E-state index is -1.06. The Balaban J connectivity index is 2.45. The summed E-state index contributed by atoms with van der Waals surface area (Å²) in [5, 5.41) is 4.74. The second kappa shape index (κ2) is 9.05. The molecule has 1 rings (SSSR count). The van der Waals surface area contributed by atoms with E-state index in [-0.39, 0.29) is 6.42 Å². The van der Waals surface area contributed by atoms with Crippen molar-refractivity contribution in [3.05, 3.63) is 29.8 Å². The van der Waals surface area contributed by atoms with Crippen molar-refractivity contribution in [2.45, 2.75) is 52.2 Å². The molecule has 7 nitrogen and oxygen atoms in total. The van der Waals surface area contributed by atoms with E-state index < -0.39 is 29.6 Å². The number of para-hydroxylation sites is 1. The summed E-state index contributed by atoms with van der Waals surface area (Å²) in [7, 11) is 1.56. The maximum absolute atomic E-state index is 11.9. The van der Waals surface area contributed by atoms with E-state index in [1.807, 2.05) is 24.3 Å². The second-order valence-electron chi connectivity index (χ2n) is 6.64. The number of imide groups is 1. The molecule has 1 atom stereocenters. The number of ether oxygens (including phenoxy) is 2. The number of nitrogens with one attached hydrogen (secondary N) is 2. The molecule has 0 aliphatic carbocycles. The molecule has 0 bridgehead atoms. The van der Waals surface area contributed by atoms with Gasteiger partial charge in [0.15, 0.2) is 6.10 Å². The van der Waals surface area contributed by atoms with Gasteiger partial charge in [0.2, 0.25) is 0 Å². The van der Waals surface area contributed by atoms with Crippen LogP contribution in [-0.2, 0) is 20.7 Å². The third kappa shape index (κ3) is 7.69. The molecule has 2 N–H and O–H groups in total. The average molecular weight is 350 g/mol. The van der Waals surface area contributed by atoms with E-state index in [1.54, 1.807) is 27.9 Å². The molecule has 138 valence electrons. The van der Waals surface area contributed by atoms with Crippen LogP contribution in [0, 0.1) is 0 Å². The van der Waals surface area contributed by atoms with E-state index >= 15 is 0 Å². The topological polar surface area (TPSA) is 93.7 Å². The number of methoxy groups -OCH3 is 1. The lowest BCUT2D eigenvalue weighted by atomic mass is 10.1. The first-order valence-corrected chi connectivity index (χ1v) is 8.07. The molecule has 0 unspecified atom stereocenters. The zero-order valence-corrected chi connectivity index (χ0v) is 15.3. The zero-order valence-electron chi connectivity index (χ0n) is 15.3. The van der Waals surface area contributed by atoms with Crippen LogP contribution in [0.1, 0.15) is 39.7 Å². The summed E-state index contributed by atoms with van der Waals surface area (Å²) in [5.41, 5.74) is 0.405. The number of hydrogen-bond acceptors (Lipinski definition) is 5. The first-order valence-electron chi connectivity index (χ1n) is 8.07. The standard InChI is InChI=1S/C18H26N2O5/c1-12(16(22)19-17(23)20-18(2,3)4)25-15(21)11-10-13-8-6-7-9-14(13)24-5/h6-9,12H,10-11H2,1-5H3,(H2,19,20,22,23)/t12-/m0/s1. The normalized spacial score (nSPS) is 12.0. The molecule has 1 aromatic carbocycles. The van der Waals surface area contributed by atoms with Gasteiger partial charge in [-0.1, -0.05) is 18.2 Å². The van der Waals surface area contributed by atoms with Crippen molar-refractivity contribution in [1.29, 1.82) is 0 Å². The number of benzene rings is 1. The number of esters is 1. The Kier molecular flexibility index (Phi) is 7.42. The van der Waals surface area contributed by atoms with Crippen LogP contribution in [0.2, 0.25) is 0 Å². The van der Waals surface area contributed by atoms with E-state index in [0.29, 0.717) is 12.2 Å². The summed E-state index contributed by atoms with van der Waals surface area (Å²) in [5.74, 6) is -0.503. The quantitative estimate of drug-likeness (QED) is 0.767. The fraction of sp³-hybridized carbons (Fsp3) is 0.500.